The van der Waals surface area contributed by atoms with E-state index in [2.05, 4.69) is 13.2 Å². The maximum Gasteiger partial charge on any atom is 0.171 e. The average Bonchev–Trinajstić information content (AvgIpc) is 2.61. The highest BCUT2D eigenvalue weighted by molar-refractivity contribution is 5.80. The van der Waals surface area contributed by atoms with E-state index in [4.69, 9.17) is 4.42 Å². The summed E-state index contributed by atoms with van der Waals surface area (Å²) in [6.45, 7) is 10.4. The number of halogens is 2. The van der Waals surface area contributed by atoms with Crippen LogP contribution in [-0.4, -0.2) is 0 Å². The molecule has 0 fully saturated rings. The third kappa shape index (κ3) is 1.68. The maximum atomic E-state index is 13.8. The molecule has 0 saturated carbocycles. The highest BCUT2D eigenvalue weighted by Crippen LogP contribution is 2.18. The number of furan rings is 1. The van der Waals surface area contributed by atoms with Gasteiger partial charge in [-0.25, -0.2) is 8.78 Å². The standard InChI is InChI=1S/C14H12F2O/c1-7(2)11(15)13-9(4)10-6-5-8(3)12(16)14(10)17-13/h5-6H,1,4H2,2-3H3/b13-11-. The Morgan fingerprint density at radius 2 is 2.00 bits per heavy atom. The number of hydrogen-bond acceptors (Lipinski definition) is 1. The molecule has 2 rings (SSSR count). The molecule has 1 nitrogen and oxygen atoms in total. The average molecular weight is 234 g/mol. The van der Waals surface area contributed by atoms with E-state index >= 15 is 0 Å². The van der Waals surface area contributed by atoms with Crippen molar-refractivity contribution >= 4 is 23.4 Å². The Hall–Kier alpha value is -1.90. The summed E-state index contributed by atoms with van der Waals surface area (Å²) in [7, 11) is 0. The van der Waals surface area contributed by atoms with Crippen molar-refractivity contribution in [3.63, 3.8) is 0 Å². The van der Waals surface area contributed by atoms with Crippen molar-refractivity contribution in [2.24, 2.45) is 0 Å². The van der Waals surface area contributed by atoms with Crippen molar-refractivity contribution in [1.29, 1.82) is 0 Å². The normalized spacial score (nSPS) is 12.9. The first-order chi connectivity index (χ1) is 7.93. The molecule has 0 aliphatic heterocycles. The summed E-state index contributed by atoms with van der Waals surface area (Å²) in [4.78, 5) is 0. The second-order valence-corrected chi connectivity index (χ2v) is 4.08. The fourth-order valence-electron chi connectivity index (χ4n) is 1.65. The van der Waals surface area contributed by atoms with Gasteiger partial charge in [0.25, 0.3) is 0 Å². The van der Waals surface area contributed by atoms with Crippen LogP contribution in [-0.2, 0) is 0 Å². The zero-order chi connectivity index (χ0) is 12.7. The van der Waals surface area contributed by atoms with Gasteiger partial charge in [0, 0.05) is 10.6 Å². The summed E-state index contributed by atoms with van der Waals surface area (Å²) in [5, 5.41) is 0.832. The van der Waals surface area contributed by atoms with Crippen LogP contribution in [0.25, 0.3) is 23.4 Å². The lowest BCUT2D eigenvalue weighted by Gasteiger charge is -1.94. The molecular formula is C14H12F2O. The van der Waals surface area contributed by atoms with Gasteiger partial charge in [0.05, 0.1) is 0 Å². The Labute approximate surface area is 97.4 Å². The van der Waals surface area contributed by atoms with Gasteiger partial charge in [0.2, 0.25) is 0 Å². The van der Waals surface area contributed by atoms with Gasteiger partial charge in [0.1, 0.15) is 0 Å². The van der Waals surface area contributed by atoms with E-state index in [1.165, 1.54) is 6.92 Å². The van der Waals surface area contributed by atoms with Crippen LogP contribution in [0.3, 0.4) is 0 Å². The minimum atomic E-state index is -0.594. The molecule has 0 N–H and O–H groups in total. The summed E-state index contributed by atoms with van der Waals surface area (Å²) < 4.78 is 32.8. The lowest BCUT2D eigenvalue weighted by Crippen LogP contribution is -2.20. The fourth-order valence-corrected chi connectivity index (χ4v) is 1.65. The second-order valence-electron chi connectivity index (χ2n) is 4.08. The molecular weight excluding hydrogens is 222 g/mol. The van der Waals surface area contributed by atoms with Gasteiger partial charge in [-0.15, -0.1) is 0 Å². The number of allylic oxidation sites excluding steroid dienone is 1. The van der Waals surface area contributed by atoms with Crippen molar-refractivity contribution in [3.05, 3.63) is 46.3 Å². The quantitative estimate of drug-likeness (QED) is 0.739. The molecule has 0 bridgehead atoms. The van der Waals surface area contributed by atoms with Crippen molar-refractivity contribution in [1.82, 2.24) is 0 Å². The molecule has 1 heterocycles. The molecule has 1 aromatic heterocycles. The zero-order valence-corrected chi connectivity index (χ0v) is 9.73. The van der Waals surface area contributed by atoms with Crippen molar-refractivity contribution in [3.8, 4) is 0 Å². The summed E-state index contributed by atoms with van der Waals surface area (Å²) in [6.07, 6.45) is 0. The Bertz CT molecular complexity index is 723. The molecule has 0 amide bonds. The molecule has 0 saturated heterocycles. The lowest BCUT2D eigenvalue weighted by atomic mass is 10.1. The van der Waals surface area contributed by atoms with Crippen LogP contribution in [0.5, 0.6) is 0 Å². The highest BCUT2D eigenvalue weighted by Gasteiger charge is 2.12. The Morgan fingerprint density at radius 3 is 2.59 bits per heavy atom. The molecule has 2 aromatic rings. The van der Waals surface area contributed by atoms with E-state index in [1.54, 1.807) is 19.1 Å². The van der Waals surface area contributed by atoms with Crippen LogP contribution < -0.4 is 10.6 Å². The number of rotatable bonds is 1. The zero-order valence-electron chi connectivity index (χ0n) is 9.73. The van der Waals surface area contributed by atoms with Gasteiger partial charge in [-0.05, 0) is 25.0 Å². The molecule has 88 valence electrons. The maximum absolute atomic E-state index is 13.8. The van der Waals surface area contributed by atoms with Crippen molar-refractivity contribution in [2.75, 3.05) is 0 Å². The summed E-state index contributed by atoms with van der Waals surface area (Å²) in [5.41, 5.74) is 0.679. The van der Waals surface area contributed by atoms with Gasteiger partial charge >= 0.3 is 0 Å². The monoisotopic (exact) mass is 234 g/mol. The molecule has 0 spiro atoms. The Kier molecular flexibility index (Phi) is 2.62. The Balaban J connectivity index is 3.02. The van der Waals surface area contributed by atoms with Crippen LogP contribution in [0.1, 0.15) is 12.5 Å². The molecule has 0 unspecified atom stereocenters. The second kappa shape index (κ2) is 3.84. The van der Waals surface area contributed by atoms with Crippen molar-refractivity contribution < 1.29 is 13.2 Å². The fraction of sp³-hybridized carbons (Fsp3) is 0.143. The van der Waals surface area contributed by atoms with E-state index in [0.717, 1.165) is 0 Å². The third-order valence-corrected chi connectivity index (χ3v) is 2.67. The number of aryl methyl sites for hydroxylation is 1. The molecule has 0 atom stereocenters. The first-order valence-electron chi connectivity index (χ1n) is 5.15. The predicted molar refractivity (Wildman–Crippen MR) is 65.0 cm³/mol. The number of benzene rings is 1. The summed E-state index contributed by atoms with van der Waals surface area (Å²) in [6, 6.07) is 3.29. The first kappa shape index (κ1) is 11.6. The highest BCUT2D eigenvalue weighted by atomic mass is 19.1. The van der Waals surface area contributed by atoms with Gasteiger partial charge in [0.15, 0.2) is 22.6 Å². The summed E-state index contributed by atoms with van der Waals surface area (Å²) in [5.74, 6) is -1.07. The minimum absolute atomic E-state index is 0.0430. The molecule has 3 heteroatoms. The van der Waals surface area contributed by atoms with Crippen LogP contribution >= 0.6 is 0 Å². The van der Waals surface area contributed by atoms with Gasteiger partial charge in [-0.3, -0.25) is 0 Å². The molecule has 0 aliphatic rings. The predicted octanol–water partition coefficient (Wildman–Crippen LogP) is 2.94. The van der Waals surface area contributed by atoms with Crippen LogP contribution in [0.2, 0.25) is 0 Å². The van der Waals surface area contributed by atoms with E-state index in [-0.39, 0.29) is 16.6 Å². The molecule has 0 radical (unpaired) electrons. The largest absolute Gasteiger partial charge is 0.450 e. The minimum Gasteiger partial charge on any atom is -0.450 e. The van der Waals surface area contributed by atoms with E-state index in [0.29, 0.717) is 16.2 Å². The van der Waals surface area contributed by atoms with Crippen LogP contribution in [0.15, 0.2) is 28.7 Å². The third-order valence-electron chi connectivity index (χ3n) is 2.67. The smallest absolute Gasteiger partial charge is 0.171 e. The molecule has 1 aromatic carbocycles. The number of fused-ring (bicyclic) bond motifs is 1. The van der Waals surface area contributed by atoms with Crippen LogP contribution in [0, 0.1) is 12.7 Å². The van der Waals surface area contributed by atoms with E-state index in [9.17, 15) is 8.78 Å². The lowest BCUT2D eigenvalue weighted by molar-refractivity contribution is 0.520. The van der Waals surface area contributed by atoms with Crippen LogP contribution in [0.4, 0.5) is 8.78 Å². The van der Waals surface area contributed by atoms with Gasteiger partial charge in [-0.1, -0.05) is 25.3 Å². The SMILES string of the molecule is C=C(C)/C(F)=c1/oc2c(F)c(C)ccc2c1=C. The summed E-state index contributed by atoms with van der Waals surface area (Å²) >= 11 is 0. The Morgan fingerprint density at radius 1 is 1.35 bits per heavy atom. The van der Waals surface area contributed by atoms with Crippen molar-refractivity contribution in [2.45, 2.75) is 13.8 Å². The molecule has 17 heavy (non-hydrogen) atoms. The number of hydrogen-bond donors (Lipinski definition) is 0. The van der Waals surface area contributed by atoms with E-state index in [1.807, 2.05) is 0 Å². The van der Waals surface area contributed by atoms with Gasteiger partial charge in [-0.2, -0.15) is 0 Å². The topological polar surface area (TPSA) is 13.1 Å². The van der Waals surface area contributed by atoms with E-state index < -0.39 is 11.6 Å². The first-order valence-corrected chi connectivity index (χ1v) is 5.15. The van der Waals surface area contributed by atoms with Gasteiger partial charge < -0.3 is 4.42 Å². The molecule has 0 aliphatic carbocycles.